The van der Waals surface area contributed by atoms with Crippen molar-refractivity contribution < 1.29 is 0 Å². The summed E-state index contributed by atoms with van der Waals surface area (Å²) in [6.07, 6.45) is 9.40. The summed E-state index contributed by atoms with van der Waals surface area (Å²) in [5.41, 5.74) is 5.48. The summed E-state index contributed by atoms with van der Waals surface area (Å²) in [7, 11) is 0. The molecule has 0 radical (unpaired) electrons. The molecule has 0 nitrogen and oxygen atoms in total. The third-order valence-electron chi connectivity index (χ3n) is 6.22. The van der Waals surface area contributed by atoms with Gasteiger partial charge in [-0.15, -0.1) is 34.0 Å². The maximum Gasteiger partial charge on any atom is 0.0636 e. The molecular formula is C29H30S3. The van der Waals surface area contributed by atoms with Crippen molar-refractivity contribution in [3.8, 4) is 20.9 Å². The van der Waals surface area contributed by atoms with Gasteiger partial charge in [-0.2, -0.15) is 0 Å². The van der Waals surface area contributed by atoms with E-state index >= 15 is 0 Å². The van der Waals surface area contributed by atoms with E-state index in [0.29, 0.717) is 0 Å². The molecule has 0 N–H and O–H groups in total. The lowest BCUT2D eigenvalue weighted by atomic mass is 10.0. The summed E-state index contributed by atoms with van der Waals surface area (Å²) in [6.45, 7) is 4.43. The summed E-state index contributed by atoms with van der Waals surface area (Å²) in [4.78, 5) is 2.77. The summed E-state index contributed by atoms with van der Waals surface area (Å²) in [5.74, 6) is 0. The maximum atomic E-state index is 2.39. The van der Waals surface area contributed by atoms with E-state index in [1.807, 2.05) is 34.0 Å². The number of unbranched alkanes of at least 4 members (excludes halogenated alkanes) is 5. The smallest absolute Gasteiger partial charge is 0.0636 e. The molecule has 0 bridgehead atoms. The molecule has 0 saturated carbocycles. The molecule has 0 aliphatic heterocycles. The summed E-state index contributed by atoms with van der Waals surface area (Å²) in [6, 6.07) is 23.0. The van der Waals surface area contributed by atoms with Crippen LogP contribution in [-0.2, 0) is 6.42 Å². The van der Waals surface area contributed by atoms with Gasteiger partial charge in [0.25, 0.3) is 0 Å². The lowest BCUT2D eigenvalue weighted by Crippen LogP contribution is -1.86. The van der Waals surface area contributed by atoms with Crippen molar-refractivity contribution in [2.45, 2.75) is 58.8 Å². The zero-order valence-corrected chi connectivity index (χ0v) is 21.4. The molecule has 0 amide bonds. The molecule has 0 aliphatic carbocycles. The van der Waals surface area contributed by atoms with Crippen molar-refractivity contribution in [3.05, 3.63) is 71.8 Å². The standard InChI is InChI=1S/C29H30S3/c1-3-4-5-6-7-8-9-21-12-16-23(17-13-21)25-19-27-29(32-25)28-26(30-27)18-24(31-28)22-14-10-20(2)11-15-22/h10-19H,3-9H2,1-2H3. The predicted octanol–water partition coefficient (Wildman–Crippen LogP) is 10.7. The molecule has 0 spiro atoms. The van der Waals surface area contributed by atoms with Gasteiger partial charge in [0.1, 0.15) is 0 Å². The minimum Gasteiger partial charge on any atom is -0.133 e. The Morgan fingerprint density at radius 2 is 1.12 bits per heavy atom. The van der Waals surface area contributed by atoms with Crippen molar-refractivity contribution in [2.75, 3.05) is 0 Å². The first-order valence-corrected chi connectivity index (χ1v) is 14.3. The van der Waals surface area contributed by atoms with Crippen LogP contribution in [0.5, 0.6) is 0 Å². The number of fused-ring (bicyclic) bond motifs is 3. The Bertz CT molecular complexity index is 1300. The van der Waals surface area contributed by atoms with Crippen LogP contribution in [-0.4, -0.2) is 0 Å². The van der Waals surface area contributed by atoms with E-state index in [4.69, 9.17) is 0 Å². The Morgan fingerprint density at radius 1 is 0.594 bits per heavy atom. The summed E-state index contributed by atoms with van der Waals surface area (Å²) in [5, 5.41) is 0. The fourth-order valence-electron chi connectivity index (χ4n) is 4.28. The number of aryl methyl sites for hydroxylation is 2. The molecule has 0 saturated heterocycles. The van der Waals surface area contributed by atoms with Crippen molar-refractivity contribution in [2.24, 2.45) is 0 Å². The Balaban J connectivity index is 1.30. The highest BCUT2D eigenvalue weighted by Crippen LogP contribution is 2.48. The first-order valence-electron chi connectivity index (χ1n) is 11.8. The van der Waals surface area contributed by atoms with E-state index in [1.54, 1.807) is 0 Å². The van der Waals surface area contributed by atoms with Gasteiger partial charge in [-0.1, -0.05) is 93.1 Å². The van der Waals surface area contributed by atoms with Crippen molar-refractivity contribution in [1.82, 2.24) is 0 Å². The van der Waals surface area contributed by atoms with Crippen LogP contribution in [0.25, 0.3) is 39.7 Å². The van der Waals surface area contributed by atoms with Crippen molar-refractivity contribution in [1.29, 1.82) is 0 Å². The van der Waals surface area contributed by atoms with Gasteiger partial charge in [0, 0.05) is 19.2 Å². The van der Waals surface area contributed by atoms with Gasteiger partial charge >= 0.3 is 0 Å². The average molecular weight is 475 g/mol. The molecule has 2 aromatic carbocycles. The van der Waals surface area contributed by atoms with Gasteiger partial charge in [-0.25, -0.2) is 0 Å². The quantitative estimate of drug-likeness (QED) is 0.186. The van der Waals surface area contributed by atoms with Crippen LogP contribution in [0, 0.1) is 6.92 Å². The van der Waals surface area contributed by atoms with E-state index in [-0.39, 0.29) is 0 Å². The molecule has 0 atom stereocenters. The van der Waals surface area contributed by atoms with E-state index < -0.39 is 0 Å². The Hall–Kier alpha value is -1.94. The number of hydrogen-bond donors (Lipinski definition) is 0. The van der Waals surface area contributed by atoms with Crippen LogP contribution in [0.4, 0.5) is 0 Å². The Labute approximate surface area is 203 Å². The Kier molecular flexibility index (Phi) is 6.77. The van der Waals surface area contributed by atoms with E-state index in [1.165, 1.54) is 95.8 Å². The van der Waals surface area contributed by atoms with Gasteiger partial charge in [-0.3, -0.25) is 0 Å². The minimum atomic E-state index is 1.21. The number of benzene rings is 2. The van der Waals surface area contributed by atoms with Crippen LogP contribution in [0.2, 0.25) is 0 Å². The van der Waals surface area contributed by atoms with Gasteiger partial charge in [0.15, 0.2) is 0 Å². The van der Waals surface area contributed by atoms with Gasteiger partial charge < -0.3 is 0 Å². The fourth-order valence-corrected chi connectivity index (χ4v) is 8.32. The van der Waals surface area contributed by atoms with E-state index in [2.05, 4.69) is 74.5 Å². The second-order valence-corrected chi connectivity index (χ2v) is 12.0. The zero-order chi connectivity index (χ0) is 21.9. The Morgan fingerprint density at radius 3 is 1.72 bits per heavy atom. The first kappa shape index (κ1) is 21.9. The second-order valence-electron chi connectivity index (χ2n) is 8.79. The molecular weight excluding hydrogens is 445 g/mol. The van der Waals surface area contributed by atoms with E-state index in [0.717, 1.165) is 0 Å². The molecule has 0 fully saturated rings. The fraction of sp³-hybridized carbons (Fsp3) is 0.310. The molecule has 32 heavy (non-hydrogen) atoms. The third kappa shape index (κ3) is 4.71. The number of thiophene rings is 3. The molecule has 5 aromatic rings. The largest absolute Gasteiger partial charge is 0.133 e. The highest BCUT2D eigenvalue weighted by Gasteiger charge is 2.14. The van der Waals surface area contributed by atoms with Crippen LogP contribution < -0.4 is 0 Å². The maximum absolute atomic E-state index is 2.39. The summed E-state index contributed by atoms with van der Waals surface area (Å²) < 4.78 is 5.77. The summed E-state index contributed by atoms with van der Waals surface area (Å²) >= 11 is 5.83. The number of hydrogen-bond acceptors (Lipinski definition) is 3. The molecule has 0 unspecified atom stereocenters. The highest BCUT2D eigenvalue weighted by atomic mass is 32.1. The van der Waals surface area contributed by atoms with Crippen LogP contribution in [0.1, 0.15) is 56.6 Å². The molecule has 3 heterocycles. The molecule has 5 rings (SSSR count). The molecule has 164 valence electrons. The highest BCUT2D eigenvalue weighted by molar-refractivity contribution is 7.40. The first-order chi connectivity index (χ1) is 15.7. The van der Waals surface area contributed by atoms with Crippen LogP contribution in [0.15, 0.2) is 60.7 Å². The predicted molar refractivity (Wildman–Crippen MR) is 148 cm³/mol. The molecule has 3 heteroatoms. The normalized spacial score (nSPS) is 11.7. The zero-order valence-electron chi connectivity index (χ0n) is 18.9. The van der Waals surface area contributed by atoms with Crippen LogP contribution >= 0.6 is 34.0 Å². The lowest BCUT2D eigenvalue weighted by molar-refractivity contribution is 0.607. The van der Waals surface area contributed by atoms with Gasteiger partial charge in [-0.05, 0) is 48.6 Å². The average Bonchev–Trinajstić information content (AvgIpc) is 3.48. The molecule has 0 aliphatic rings. The monoisotopic (exact) mass is 474 g/mol. The third-order valence-corrected chi connectivity index (χ3v) is 10.1. The number of rotatable bonds is 9. The SMILES string of the molecule is CCCCCCCCc1ccc(-c2cc3sc4cc(-c5ccc(C)cc5)sc4c3s2)cc1. The van der Waals surface area contributed by atoms with Crippen molar-refractivity contribution >= 4 is 52.8 Å². The van der Waals surface area contributed by atoms with Gasteiger partial charge in [0.05, 0.1) is 9.40 Å². The van der Waals surface area contributed by atoms with Gasteiger partial charge in [0.2, 0.25) is 0 Å². The van der Waals surface area contributed by atoms with Crippen LogP contribution in [0.3, 0.4) is 0 Å². The van der Waals surface area contributed by atoms with Crippen molar-refractivity contribution in [3.63, 3.8) is 0 Å². The molecule has 3 aromatic heterocycles. The second kappa shape index (κ2) is 9.91. The topological polar surface area (TPSA) is 0 Å². The minimum absolute atomic E-state index is 1.21. The van der Waals surface area contributed by atoms with E-state index in [9.17, 15) is 0 Å². The lowest BCUT2D eigenvalue weighted by Gasteiger charge is -2.03.